The standard InChI is InChI=1S/C12H19N3O2S/c16-18(17,10-12-5-3-8-14-12)15-9-6-11-4-1-2-7-13-11/h1-2,4,7,12,14-15H,3,5-6,8-10H2. The van der Waals surface area contributed by atoms with Crippen LogP contribution < -0.4 is 10.0 Å². The van der Waals surface area contributed by atoms with Crippen molar-refractivity contribution in [2.24, 2.45) is 0 Å². The molecule has 0 aliphatic carbocycles. The number of nitrogens with zero attached hydrogens (tertiary/aromatic N) is 1. The zero-order valence-electron chi connectivity index (χ0n) is 10.3. The maximum absolute atomic E-state index is 11.8. The van der Waals surface area contributed by atoms with Crippen LogP contribution in [0, 0.1) is 0 Å². The van der Waals surface area contributed by atoms with Crippen LogP contribution in [-0.2, 0) is 16.4 Å². The smallest absolute Gasteiger partial charge is 0.213 e. The SMILES string of the molecule is O=S(=O)(CC1CCCN1)NCCc1ccccn1. The van der Waals surface area contributed by atoms with Gasteiger partial charge in [-0.05, 0) is 31.5 Å². The van der Waals surface area contributed by atoms with Gasteiger partial charge in [-0.3, -0.25) is 4.98 Å². The first-order valence-corrected chi connectivity index (χ1v) is 7.91. The van der Waals surface area contributed by atoms with Gasteiger partial charge in [-0.2, -0.15) is 0 Å². The number of pyridine rings is 1. The van der Waals surface area contributed by atoms with Crippen LogP contribution in [0.3, 0.4) is 0 Å². The lowest BCUT2D eigenvalue weighted by atomic mass is 10.3. The van der Waals surface area contributed by atoms with Crippen molar-refractivity contribution in [3.63, 3.8) is 0 Å². The molecule has 1 aromatic rings. The second kappa shape index (κ2) is 6.26. The zero-order valence-corrected chi connectivity index (χ0v) is 11.1. The van der Waals surface area contributed by atoms with Crippen molar-refractivity contribution in [3.05, 3.63) is 30.1 Å². The predicted octanol–water partition coefficient (Wildman–Crippen LogP) is 0.296. The summed E-state index contributed by atoms with van der Waals surface area (Å²) in [5, 5.41) is 3.19. The summed E-state index contributed by atoms with van der Waals surface area (Å²) in [7, 11) is -3.18. The van der Waals surface area contributed by atoms with E-state index >= 15 is 0 Å². The van der Waals surface area contributed by atoms with E-state index in [1.807, 2.05) is 18.2 Å². The number of aromatic nitrogens is 1. The lowest BCUT2D eigenvalue weighted by Crippen LogP contribution is -2.37. The normalized spacial score (nSPS) is 20.1. The van der Waals surface area contributed by atoms with Gasteiger partial charge in [0.2, 0.25) is 10.0 Å². The number of rotatable bonds is 6. The Balaban J connectivity index is 1.75. The minimum Gasteiger partial charge on any atom is -0.313 e. The average Bonchev–Trinajstić information content (AvgIpc) is 2.82. The van der Waals surface area contributed by atoms with E-state index in [0.717, 1.165) is 25.1 Å². The molecule has 100 valence electrons. The minimum atomic E-state index is -3.18. The quantitative estimate of drug-likeness (QED) is 0.779. The Hall–Kier alpha value is -0.980. The van der Waals surface area contributed by atoms with Gasteiger partial charge in [0.15, 0.2) is 0 Å². The summed E-state index contributed by atoms with van der Waals surface area (Å²) in [6.07, 6.45) is 4.35. The summed E-state index contributed by atoms with van der Waals surface area (Å²) in [4.78, 5) is 4.15. The summed E-state index contributed by atoms with van der Waals surface area (Å²) < 4.78 is 26.2. The molecule has 0 saturated carbocycles. The zero-order chi connectivity index (χ0) is 12.8. The first-order valence-electron chi connectivity index (χ1n) is 6.26. The highest BCUT2D eigenvalue weighted by Crippen LogP contribution is 2.06. The molecule has 2 rings (SSSR count). The van der Waals surface area contributed by atoms with Gasteiger partial charge >= 0.3 is 0 Å². The predicted molar refractivity (Wildman–Crippen MR) is 70.8 cm³/mol. The van der Waals surface area contributed by atoms with Crippen LogP contribution in [0.2, 0.25) is 0 Å². The van der Waals surface area contributed by atoms with E-state index in [-0.39, 0.29) is 11.8 Å². The molecule has 0 bridgehead atoms. The molecule has 1 aliphatic rings. The van der Waals surface area contributed by atoms with Gasteiger partial charge in [0.1, 0.15) is 0 Å². The van der Waals surface area contributed by atoms with E-state index in [0.29, 0.717) is 13.0 Å². The van der Waals surface area contributed by atoms with Crippen molar-refractivity contribution in [1.82, 2.24) is 15.0 Å². The molecule has 1 aromatic heterocycles. The van der Waals surface area contributed by atoms with Crippen molar-refractivity contribution in [3.8, 4) is 0 Å². The van der Waals surface area contributed by atoms with E-state index in [1.165, 1.54) is 0 Å². The molecule has 5 nitrogen and oxygen atoms in total. The van der Waals surface area contributed by atoms with Crippen LogP contribution in [0.1, 0.15) is 18.5 Å². The molecule has 1 aliphatic heterocycles. The molecule has 0 amide bonds. The molecule has 0 aromatic carbocycles. The lowest BCUT2D eigenvalue weighted by molar-refractivity contribution is 0.563. The van der Waals surface area contributed by atoms with Crippen molar-refractivity contribution in [2.45, 2.75) is 25.3 Å². The maximum Gasteiger partial charge on any atom is 0.213 e. The molecule has 1 saturated heterocycles. The Labute approximate surface area is 108 Å². The van der Waals surface area contributed by atoms with Crippen LogP contribution in [0.5, 0.6) is 0 Å². The molecule has 1 unspecified atom stereocenters. The highest BCUT2D eigenvalue weighted by Gasteiger charge is 2.21. The van der Waals surface area contributed by atoms with Crippen molar-refractivity contribution >= 4 is 10.0 Å². The van der Waals surface area contributed by atoms with Gasteiger partial charge in [-0.1, -0.05) is 6.07 Å². The molecular weight excluding hydrogens is 250 g/mol. The van der Waals surface area contributed by atoms with Crippen molar-refractivity contribution in [2.75, 3.05) is 18.8 Å². The summed E-state index contributed by atoms with van der Waals surface area (Å²) in [6, 6.07) is 5.75. The monoisotopic (exact) mass is 269 g/mol. The Morgan fingerprint density at radius 3 is 3.00 bits per heavy atom. The molecule has 0 spiro atoms. The Morgan fingerprint density at radius 2 is 2.33 bits per heavy atom. The van der Waals surface area contributed by atoms with Gasteiger partial charge in [0, 0.05) is 30.9 Å². The molecule has 18 heavy (non-hydrogen) atoms. The number of sulfonamides is 1. The molecule has 2 heterocycles. The van der Waals surface area contributed by atoms with Crippen molar-refractivity contribution < 1.29 is 8.42 Å². The first kappa shape index (κ1) is 13.5. The van der Waals surface area contributed by atoms with E-state index in [2.05, 4.69) is 15.0 Å². The van der Waals surface area contributed by atoms with Crippen molar-refractivity contribution in [1.29, 1.82) is 0 Å². The van der Waals surface area contributed by atoms with Gasteiger partial charge in [0.25, 0.3) is 0 Å². The van der Waals surface area contributed by atoms with Gasteiger partial charge in [-0.25, -0.2) is 13.1 Å². The summed E-state index contributed by atoms with van der Waals surface area (Å²) in [5.41, 5.74) is 0.902. The Kier molecular flexibility index (Phi) is 4.68. The van der Waals surface area contributed by atoms with Crippen LogP contribution in [0.4, 0.5) is 0 Å². The second-order valence-electron chi connectivity index (χ2n) is 4.54. The third-order valence-electron chi connectivity index (χ3n) is 3.01. The van der Waals surface area contributed by atoms with Crippen LogP contribution in [0.15, 0.2) is 24.4 Å². The summed E-state index contributed by atoms with van der Waals surface area (Å²) in [6.45, 7) is 1.33. The highest BCUT2D eigenvalue weighted by atomic mass is 32.2. The van der Waals surface area contributed by atoms with E-state index in [4.69, 9.17) is 0 Å². The third-order valence-corrected chi connectivity index (χ3v) is 4.50. The van der Waals surface area contributed by atoms with Gasteiger partial charge in [-0.15, -0.1) is 0 Å². The van der Waals surface area contributed by atoms with Crippen LogP contribution in [0.25, 0.3) is 0 Å². The van der Waals surface area contributed by atoms with E-state index < -0.39 is 10.0 Å². The minimum absolute atomic E-state index is 0.109. The number of hydrogen-bond acceptors (Lipinski definition) is 4. The topological polar surface area (TPSA) is 71.1 Å². The molecule has 2 N–H and O–H groups in total. The second-order valence-corrected chi connectivity index (χ2v) is 6.39. The fourth-order valence-corrected chi connectivity index (χ4v) is 3.45. The molecular formula is C12H19N3O2S. The number of hydrogen-bond donors (Lipinski definition) is 2. The lowest BCUT2D eigenvalue weighted by Gasteiger charge is -2.11. The molecule has 1 fully saturated rings. The fraction of sp³-hybridized carbons (Fsp3) is 0.583. The van der Waals surface area contributed by atoms with E-state index in [9.17, 15) is 8.42 Å². The van der Waals surface area contributed by atoms with Crippen LogP contribution in [-0.4, -0.2) is 38.3 Å². The summed E-state index contributed by atoms with van der Waals surface area (Å²) in [5.74, 6) is 0.176. The van der Waals surface area contributed by atoms with Gasteiger partial charge < -0.3 is 5.32 Å². The highest BCUT2D eigenvalue weighted by molar-refractivity contribution is 7.89. The molecule has 6 heteroatoms. The first-order chi connectivity index (χ1) is 8.66. The fourth-order valence-electron chi connectivity index (χ4n) is 2.10. The number of nitrogens with one attached hydrogen (secondary N) is 2. The molecule has 0 radical (unpaired) electrons. The average molecular weight is 269 g/mol. The Bertz CT molecular complexity index is 455. The maximum atomic E-state index is 11.8. The molecule has 1 atom stereocenters. The third kappa shape index (κ3) is 4.36. The van der Waals surface area contributed by atoms with E-state index in [1.54, 1.807) is 6.20 Å². The largest absolute Gasteiger partial charge is 0.313 e. The van der Waals surface area contributed by atoms with Crippen LogP contribution >= 0.6 is 0 Å². The van der Waals surface area contributed by atoms with Gasteiger partial charge in [0.05, 0.1) is 5.75 Å². The summed E-state index contributed by atoms with van der Waals surface area (Å²) >= 11 is 0. The Morgan fingerprint density at radius 1 is 1.44 bits per heavy atom.